The summed E-state index contributed by atoms with van der Waals surface area (Å²) in [4.78, 5) is 4.32. The van der Waals surface area contributed by atoms with Crippen molar-refractivity contribution in [3.05, 3.63) is 16.6 Å². The van der Waals surface area contributed by atoms with Crippen LogP contribution in [0.1, 0.15) is 19.2 Å². The molecular weight excluding hydrogens is 204 g/mol. The maximum atomic E-state index is 4.32. The van der Waals surface area contributed by atoms with Crippen LogP contribution in [0.5, 0.6) is 0 Å². The molecule has 0 radical (unpaired) electrons. The Morgan fingerprint density at radius 2 is 2.55 bits per heavy atom. The normalized spacial score (nSPS) is 23.3. The van der Waals surface area contributed by atoms with Crippen molar-refractivity contribution >= 4 is 15.9 Å². The number of hydrogen-bond acceptors (Lipinski definition) is 1. The Balaban J connectivity index is 2.36. The minimum absolute atomic E-state index is 0.803. The van der Waals surface area contributed by atoms with E-state index in [-0.39, 0.29) is 0 Å². The van der Waals surface area contributed by atoms with E-state index in [9.17, 15) is 0 Å². The number of rotatable bonds is 0. The molecule has 0 bridgehead atoms. The lowest BCUT2D eigenvalue weighted by Gasteiger charge is -2.19. The van der Waals surface area contributed by atoms with E-state index in [1.165, 1.54) is 12.2 Å². The minimum atomic E-state index is 0.803. The van der Waals surface area contributed by atoms with Crippen molar-refractivity contribution in [3.63, 3.8) is 0 Å². The number of nitrogens with zero attached hydrogens (tertiary/aromatic N) is 2. The molecule has 1 aliphatic rings. The third-order valence-corrected chi connectivity index (χ3v) is 2.90. The first-order chi connectivity index (χ1) is 5.27. The van der Waals surface area contributed by atoms with Gasteiger partial charge in [0.15, 0.2) is 0 Å². The van der Waals surface area contributed by atoms with Crippen molar-refractivity contribution in [3.8, 4) is 0 Å². The molecule has 3 heteroatoms. The average Bonchev–Trinajstić information content (AvgIpc) is 2.32. The molecule has 0 saturated carbocycles. The standard InChI is InChI=1S/C8H11BrN2/c1-6-2-3-11-7(9)5-10-8(11)4-6/h5-6H,2-4H2,1H3. The Hall–Kier alpha value is -0.310. The molecule has 0 aromatic carbocycles. The summed E-state index contributed by atoms with van der Waals surface area (Å²) in [6.07, 6.45) is 4.31. The molecule has 0 amide bonds. The van der Waals surface area contributed by atoms with Gasteiger partial charge in [-0.1, -0.05) is 6.92 Å². The zero-order chi connectivity index (χ0) is 7.84. The summed E-state index contributed by atoms with van der Waals surface area (Å²) in [6, 6.07) is 0. The van der Waals surface area contributed by atoms with E-state index in [1.807, 2.05) is 6.20 Å². The van der Waals surface area contributed by atoms with Crippen LogP contribution in [0.15, 0.2) is 10.8 Å². The third-order valence-electron chi connectivity index (χ3n) is 2.27. The molecule has 1 aromatic heterocycles. The predicted octanol–water partition coefficient (Wildman–Crippen LogP) is 2.23. The van der Waals surface area contributed by atoms with Gasteiger partial charge in [0.2, 0.25) is 0 Å². The first kappa shape index (κ1) is 7.35. The van der Waals surface area contributed by atoms with E-state index in [2.05, 4.69) is 32.4 Å². The zero-order valence-electron chi connectivity index (χ0n) is 6.55. The van der Waals surface area contributed by atoms with Crippen LogP contribution < -0.4 is 0 Å². The van der Waals surface area contributed by atoms with E-state index in [4.69, 9.17) is 0 Å². The lowest BCUT2D eigenvalue weighted by atomic mass is 10.0. The summed E-state index contributed by atoms with van der Waals surface area (Å²) >= 11 is 3.47. The predicted molar refractivity (Wildman–Crippen MR) is 47.4 cm³/mol. The molecule has 1 atom stereocenters. The summed E-state index contributed by atoms with van der Waals surface area (Å²) in [5.74, 6) is 2.03. The smallest absolute Gasteiger partial charge is 0.109 e. The average molecular weight is 215 g/mol. The molecule has 0 N–H and O–H groups in total. The van der Waals surface area contributed by atoms with Crippen LogP contribution in [0, 0.1) is 5.92 Å². The monoisotopic (exact) mass is 214 g/mol. The lowest BCUT2D eigenvalue weighted by molar-refractivity contribution is 0.406. The molecule has 0 spiro atoms. The van der Waals surface area contributed by atoms with Crippen LogP contribution in [0.3, 0.4) is 0 Å². The summed E-state index contributed by atoms with van der Waals surface area (Å²) in [7, 11) is 0. The molecule has 1 aliphatic heterocycles. The highest BCUT2D eigenvalue weighted by atomic mass is 79.9. The van der Waals surface area contributed by atoms with Gasteiger partial charge >= 0.3 is 0 Å². The van der Waals surface area contributed by atoms with Gasteiger partial charge in [-0.25, -0.2) is 4.98 Å². The van der Waals surface area contributed by atoms with Gasteiger partial charge in [-0.05, 0) is 28.3 Å². The highest BCUT2D eigenvalue weighted by Crippen LogP contribution is 2.23. The van der Waals surface area contributed by atoms with Crippen LogP contribution in [0.4, 0.5) is 0 Å². The lowest BCUT2D eigenvalue weighted by Crippen LogP contribution is -2.17. The minimum Gasteiger partial charge on any atom is -0.323 e. The molecule has 0 fully saturated rings. The van der Waals surface area contributed by atoms with E-state index in [1.54, 1.807) is 0 Å². The fraction of sp³-hybridized carbons (Fsp3) is 0.625. The number of imidazole rings is 1. The van der Waals surface area contributed by atoms with E-state index >= 15 is 0 Å². The second kappa shape index (κ2) is 2.63. The van der Waals surface area contributed by atoms with E-state index in [0.717, 1.165) is 23.5 Å². The van der Waals surface area contributed by atoms with Gasteiger partial charge in [0.05, 0.1) is 6.20 Å². The molecular formula is C8H11BrN2. The molecule has 2 nitrogen and oxygen atoms in total. The van der Waals surface area contributed by atoms with Gasteiger partial charge in [-0.3, -0.25) is 0 Å². The molecule has 2 heterocycles. The quantitative estimate of drug-likeness (QED) is 0.648. The van der Waals surface area contributed by atoms with E-state index in [0.29, 0.717) is 0 Å². The summed E-state index contributed by atoms with van der Waals surface area (Å²) in [5.41, 5.74) is 0. The van der Waals surface area contributed by atoms with Crippen LogP contribution in [0.2, 0.25) is 0 Å². The Kier molecular flexibility index (Phi) is 1.75. The zero-order valence-corrected chi connectivity index (χ0v) is 8.13. The topological polar surface area (TPSA) is 17.8 Å². The SMILES string of the molecule is CC1CCn2c(Br)cnc2C1. The maximum Gasteiger partial charge on any atom is 0.109 e. The Labute approximate surface area is 74.8 Å². The molecule has 2 rings (SSSR count). The highest BCUT2D eigenvalue weighted by molar-refractivity contribution is 9.10. The van der Waals surface area contributed by atoms with Crippen molar-refractivity contribution < 1.29 is 0 Å². The molecule has 11 heavy (non-hydrogen) atoms. The van der Waals surface area contributed by atoms with Crippen LogP contribution in [-0.2, 0) is 13.0 Å². The van der Waals surface area contributed by atoms with Gasteiger partial charge in [0, 0.05) is 13.0 Å². The Morgan fingerprint density at radius 3 is 3.36 bits per heavy atom. The number of aromatic nitrogens is 2. The number of halogens is 1. The van der Waals surface area contributed by atoms with Crippen molar-refractivity contribution in [2.24, 2.45) is 5.92 Å². The molecule has 0 aliphatic carbocycles. The summed E-state index contributed by atoms with van der Waals surface area (Å²) in [6.45, 7) is 3.41. The van der Waals surface area contributed by atoms with Gasteiger partial charge in [-0.2, -0.15) is 0 Å². The first-order valence-corrected chi connectivity index (χ1v) is 4.76. The van der Waals surface area contributed by atoms with Gasteiger partial charge in [-0.15, -0.1) is 0 Å². The van der Waals surface area contributed by atoms with Gasteiger partial charge in [0.25, 0.3) is 0 Å². The van der Waals surface area contributed by atoms with Crippen molar-refractivity contribution in [2.45, 2.75) is 26.3 Å². The summed E-state index contributed by atoms with van der Waals surface area (Å²) < 4.78 is 3.37. The van der Waals surface area contributed by atoms with Gasteiger partial charge < -0.3 is 4.57 Å². The molecule has 60 valence electrons. The van der Waals surface area contributed by atoms with Crippen molar-refractivity contribution in [2.75, 3.05) is 0 Å². The van der Waals surface area contributed by atoms with Crippen LogP contribution in [0.25, 0.3) is 0 Å². The van der Waals surface area contributed by atoms with Crippen LogP contribution in [-0.4, -0.2) is 9.55 Å². The Bertz CT molecular complexity index is 267. The van der Waals surface area contributed by atoms with Gasteiger partial charge in [0.1, 0.15) is 10.4 Å². The first-order valence-electron chi connectivity index (χ1n) is 3.97. The Morgan fingerprint density at radius 1 is 1.73 bits per heavy atom. The number of hydrogen-bond donors (Lipinski definition) is 0. The second-order valence-electron chi connectivity index (χ2n) is 3.25. The highest BCUT2D eigenvalue weighted by Gasteiger charge is 2.17. The molecule has 1 unspecified atom stereocenters. The largest absolute Gasteiger partial charge is 0.323 e. The van der Waals surface area contributed by atoms with Crippen molar-refractivity contribution in [1.82, 2.24) is 9.55 Å². The second-order valence-corrected chi connectivity index (χ2v) is 4.06. The molecule has 1 aromatic rings. The van der Waals surface area contributed by atoms with Crippen molar-refractivity contribution in [1.29, 1.82) is 0 Å². The summed E-state index contributed by atoms with van der Waals surface area (Å²) in [5, 5.41) is 0. The third kappa shape index (κ3) is 1.22. The maximum absolute atomic E-state index is 4.32. The fourth-order valence-electron chi connectivity index (χ4n) is 1.55. The number of fused-ring (bicyclic) bond motifs is 1. The van der Waals surface area contributed by atoms with E-state index < -0.39 is 0 Å². The van der Waals surface area contributed by atoms with Crippen LogP contribution >= 0.6 is 15.9 Å². The fourth-order valence-corrected chi connectivity index (χ4v) is 2.04. The molecule has 0 saturated heterocycles.